The average Bonchev–Trinajstić information content (AvgIpc) is 2.71. The summed E-state index contributed by atoms with van der Waals surface area (Å²) in [6.45, 7) is 2.09. The number of guanidine groups is 1. The molecule has 1 heterocycles. The van der Waals surface area contributed by atoms with E-state index in [2.05, 4.69) is 15.6 Å². The number of ether oxygens (including phenoxy) is 2. The fraction of sp³-hybridized carbons (Fsp3) is 0.400. The van der Waals surface area contributed by atoms with Gasteiger partial charge in [0.25, 0.3) is 0 Å². The third-order valence-electron chi connectivity index (χ3n) is 4.18. The molecule has 0 saturated carbocycles. The molecule has 28 heavy (non-hydrogen) atoms. The largest absolute Gasteiger partial charge is 0.497 e. The van der Waals surface area contributed by atoms with E-state index in [1.165, 1.54) is 0 Å². The van der Waals surface area contributed by atoms with Crippen molar-refractivity contribution < 1.29 is 9.47 Å². The molecule has 1 aromatic carbocycles. The zero-order valence-electron chi connectivity index (χ0n) is 16.6. The minimum Gasteiger partial charge on any atom is -0.497 e. The van der Waals surface area contributed by atoms with Gasteiger partial charge in [0.2, 0.25) is 5.56 Å². The third-order valence-corrected chi connectivity index (χ3v) is 4.18. The van der Waals surface area contributed by atoms with Crippen LogP contribution in [0.5, 0.6) is 11.5 Å². The Hall–Kier alpha value is -2.23. The fourth-order valence-electron chi connectivity index (χ4n) is 2.66. The van der Waals surface area contributed by atoms with E-state index in [1.807, 2.05) is 30.5 Å². The molecule has 2 aromatic rings. The summed E-state index contributed by atoms with van der Waals surface area (Å²) in [6, 6.07) is 10.9. The van der Waals surface area contributed by atoms with Gasteiger partial charge in [0, 0.05) is 50.6 Å². The van der Waals surface area contributed by atoms with Crippen molar-refractivity contribution in [2.24, 2.45) is 4.99 Å². The number of halogens is 1. The lowest BCUT2D eigenvalue weighted by Gasteiger charge is -2.14. The first-order valence-electron chi connectivity index (χ1n) is 8.99. The Balaban J connectivity index is 0.00000392. The lowest BCUT2D eigenvalue weighted by molar-refractivity contribution is 0.390. The molecule has 0 unspecified atom stereocenters. The number of aliphatic imine (C=N–C) groups is 1. The zero-order chi connectivity index (χ0) is 19.5. The molecule has 0 atom stereocenters. The average molecular weight is 500 g/mol. The number of methoxy groups -OCH3 is 2. The smallest absolute Gasteiger partial charge is 0.250 e. The van der Waals surface area contributed by atoms with Crippen molar-refractivity contribution in [3.05, 3.63) is 58.5 Å². The van der Waals surface area contributed by atoms with Crippen LogP contribution in [0.1, 0.15) is 18.4 Å². The van der Waals surface area contributed by atoms with Crippen LogP contribution in [-0.2, 0) is 13.1 Å². The molecule has 154 valence electrons. The van der Waals surface area contributed by atoms with Gasteiger partial charge >= 0.3 is 0 Å². The summed E-state index contributed by atoms with van der Waals surface area (Å²) in [6.07, 6.45) is 3.67. The highest BCUT2D eigenvalue weighted by Gasteiger charge is 2.06. The van der Waals surface area contributed by atoms with Crippen molar-refractivity contribution in [3.8, 4) is 11.5 Å². The van der Waals surface area contributed by atoms with Gasteiger partial charge in [-0.05, 0) is 31.0 Å². The van der Waals surface area contributed by atoms with Gasteiger partial charge in [-0.1, -0.05) is 6.07 Å². The van der Waals surface area contributed by atoms with Gasteiger partial charge < -0.3 is 24.7 Å². The van der Waals surface area contributed by atoms with Crippen LogP contribution in [-0.4, -0.2) is 38.3 Å². The molecule has 2 rings (SSSR count). The molecule has 0 amide bonds. The topological polar surface area (TPSA) is 76.9 Å². The quantitative estimate of drug-likeness (QED) is 0.240. The standard InChI is InChI=1S/C20H28N4O3.HI/c1-21-20(22-11-5-7-13-24-12-6-4-8-19(24)25)23-15-16-9-10-17(26-2)14-18(16)27-3;/h4,6,8-10,12,14H,5,7,11,13,15H2,1-3H3,(H2,21,22,23);1H. The van der Waals surface area contributed by atoms with Crippen LogP contribution >= 0.6 is 24.0 Å². The normalized spacial score (nSPS) is 10.8. The monoisotopic (exact) mass is 500 g/mol. The van der Waals surface area contributed by atoms with E-state index >= 15 is 0 Å². The number of pyridine rings is 1. The first-order chi connectivity index (χ1) is 13.2. The fourth-order valence-corrected chi connectivity index (χ4v) is 2.66. The highest BCUT2D eigenvalue weighted by molar-refractivity contribution is 14.0. The number of rotatable bonds is 9. The molecule has 8 heteroatoms. The molecule has 0 saturated heterocycles. The van der Waals surface area contributed by atoms with E-state index in [0.29, 0.717) is 6.54 Å². The number of aromatic nitrogens is 1. The Kier molecular flexibility index (Phi) is 11.1. The van der Waals surface area contributed by atoms with E-state index in [1.54, 1.807) is 38.0 Å². The number of unbranched alkanes of at least 4 members (excludes halogenated alkanes) is 1. The van der Waals surface area contributed by atoms with E-state index in [4.69, 9.17) is 9.47 Å². The predicted molar refractivity (Wildman–Crippen MR) is 123 cm³/mol. The van der Waals surface area contributed by atoms with Crippen LogP contribution < -0.4 is 25.7 Å². The second-order valence-corrected chi connectivity index (χ2v) is 5.97. The number of aryl methyl sites for hydroxylation is 1. The molecule has 0 aliphatic rings. The van der Waals surface area contributed by atoms with Crippen LogP contribution in [0, 0.1) is 0 Å². The second kappa shape index (κ2) is 13.0. The molecule has 0 bridgehead atoms. The Bertz CT molecular complexity index is 808. The Morgan fingerprint density at radius 2 is 1.93 bits per heavy atom. The number of hydrogen-bond donors (Lipinski definition) is 2. The summed E-state index contributed by atoms with van der Waals surface area (Å²) < 4.78 is 12.4. The van der Waals surface area contributed by atoms with Gasteiger partial charge in [0.15, 0.2) is 5.96 Å². The maximum Gasteiger partial charge on any atom is 0.250 e. The molecular formula is C20H29IN4O3. The van der Waals surface area contributed by atoms with Crippen molar-refractivity contribution in [2.75, 3.05) is 27.8 Å². The van der Waals surface area contributed by atoms with Crippen molar-refractivity contribution in [3.63, 3.8) is 0 Å². The third kappa shape index (κ3) is 7.41. The Morgan fingerprint density at radius 1 is 1.11 bits per heavy atom. The molecule has 1 aromatic heterocycles. The minimum atomic E-state index is 0. The maximum absolute atomic E-state index is 11.7. The summed E-state index contributed by atoms with van der Waals surface area (Å²) >= 11 is 0. The van der Waals surface area contributed by atoms with Gasteiger partial charge in [0.05, 0.1) is 14.2 Å². The molecule has 7 nitrogen and oxygen atoms in total. The summed E-state index contributed by atoms with van der Waals surface area (Å²) in [5.74, 6) is 2.26. The van der Waals surface area contributed by atoms with Crippen LogP contribution in [0.3, 0.4) is 0 Å². The highest BCUT2D eigenvalue weighted by Crippen LogP contribution is 2.24. The van der Waals surface area contributed by atoms with Gasteiger partial charge in [-0.2, -0.15) is 0 Å². The van der Waals surface area contributed by atoms with E-state index in [0.717, 1.165) is 49.0 Å². The summed E-state index contributed by atoms with van der Waals surface area (Å²) in [5, 5.41) is 6.57. The Morgan fingerprint density at radius 3 is 2.61 bits per heavy atom. The molecule has 0 fully saturated rings. The van der Waals surface area contributed by atoms with Crippen LogP contribution in [0.15, 0.2) is 52.4 Å². The SMILES string of the molecule is CN=C(NCCCCn1ccccc1=O)NCc1ccc(OC)cc1OC.I. The van der Waals surface area contributed by atoms with Crippen LogP contribution in [0.2, 0.25) is 0 Å². The second-order valence-electron chi connectivity index (χ2n) is 5.97. The Labute approximate surface area is 183 Å². The molecule has 2 N–H and O–H groups in total. The van der Waals surface area contributed by atoms with Gasteiger partial charge in [-0.15, -0.1) is 24.0 Å². The van der Waals surface area contributed by atoms with Gasteiger partial charge in [-0.3, -0.25) is 9.79 Å². The first kappa shape index (κ1) is 23.8. The van der Waals surface area contributed by atoms with E-state index < -0.39 is 0 Å². The van der Waals surface area contributed by atoms with Crippen molar-refractivity contribution in [1.29, 1.82) is 0 Å². The van der Waals surface area contributed by atoms with E-state index in [9.17, 15) is 4.79 Å². The molecule has 0 radical (unpaired) electrons. The number of hydrogen-bond acceptors (Lipinski definition) is 4. The van der Waals surface area contributed by atoms with Gasteiger partial charge in [-0.25, -0.2) is 0 Å². The minimum absolute atomic E-state index is 0. The maximum atomic E-state index is 11.7. The number of benzene rings is 1. The summed E-state index contributed by atoms with van der Waals surface area (Å²) in [4.78, 5) is 15.9. The molecule has 0 aliphatic carbocycles. The summed E-state index contributed by atoms with van der Waals surface area (Å²) in [7, 11) is 5.01. The lowest BCUT2D eigenvalue weighted by atomic mass is 10.2. The molecule has 0 aliphatic heterocycles. The lowest BCUT2D eigenvalue weighted by Crippen LogP contribution is -2.37. The van der Waals surface area contributed by atoms with Crippen LogP contribution in [0.4, 0.5) is 0 Å². The summed E-state index contributed by atoms with van der Waals surface area (Å²) in [5.41, 5.74) is 1.06. The number of nitrogens with zero attached hydrogens (tertiary/aromatic N) is 2. The van der Waals surface area contributed by atoms with Crippen molar-refractivity contribution in [2.45, 2.75) is 25.9 Å². The number of nitrogens with one attached hydrogen (secondary N) is 2. The molecular weight excluding hydrogens is 471 g/mol. The van der Waals surface area contributed by atoms with Crippen molar-refractivity contribution >= 4 is 29.9 Å². The highest BCUT2D eigenvalue weighted by atomic mass is 127. The van der Waals surface area contributed by atoms with Gasteiger partial charge in [0.1, 0.15) is 11.5 Å². The predicted octanol–water partition coefficient (Wildman–Crippen LogP) is 2.63. The first-order valence-corrected chi connectivity index (χ1v) is 8.99. The van der Waals surface area contributed by atoms with E-state index in [-0.39, 0.29) is 29.5 Å². The zero-order valence-corrected chi connectivity index (χ0v) is 18.9. The van der Waals surface area contributed by atoms with Crippen LogP contribution in [0.25, 0.3) is 0 Å². The molecule has 0 spiro atoms. The van der Waals surface area contributed by atoms with Crippen molar-refractivity contribution in [1.82, 2.24) is 15.2 Å².